The van der Waals surface area contributed by atoms with Crippen LogP contribution in [0.3, 0.4) is 0 Å². The van der Waals surface area contributed by atoms with Gasteiger partial charge in [-0.1, -0.05) is 11.6 Å². The number of nitrogens with zero attached hydrogens (tertiary/aromatic N) is 3. The maximum atomic E-state index is 13.1. The van der Waals surface area contributed by atoms with Crippen molar-refractivity contribution >= 4 is 45.7 Å². The van der Waals surface area contributed by atoms with Gasteiger partial charge in [-0.3, -0.25) is 9.78 Å². The summed E-state index contributed by atoms with van der Waals surface area (Å²) in [6.45, 7) is 7.66. The first-order valence-electron chi connectivity index (χ1n) is 13.2. The summed E-state index contributed by atoms with van der Waals surface area (Å²) < 4.78 is 4.86. The minimum absolute atomic E-state index is 0.0449. The zero-order valence-electron chi connectivity index (χ0n) is 22.6. The number of fused-ring (bicyclic) bond motifs is 3. The molecule has 8 heteroatoms. The number of hydrogen-bond acceptors (Lipinski definition) is 7. The van der Waals surface area contributed by atoms with E-state index in [2.05, 4.69) is 76.8 Å². The molecule has 0 aliphatic carbocycles. The van der Waals surface area contributed by atoms with Crippen molar-refractivity contribution in [3.8, 4) is 0 Å². The Kier molecular flexibility index (Phi) is 5.98. The number of amides is 1. The van der Waals surface area contributed by atoms with Gasteiger partial charge >= 0.3 is 5.97 Å². The second kappa shape index (κ2) is 9.38. The zero-order chi connectivity index (χ0) is 27.3. The van der Waals surface area contributed by atoms with E-state index in [9.17, 15) is 9.59 Å². The predicted molar refractivity (Wildman–Crippen MR) is 153 cm³/mol. The predicted octanol–water partition coefficient (Wildman–Crippen LogP) is 5.58. The fraction of sp³-hybridized carbons (Fsp3) is 0.290. The number of piperidine rings is 1. The highest BCUT2D eigenvalue weighted by atomic mass is 16.5. The van der Waals surface area contributed by atoms with E-state index in [1.165, 1.54) is 24.4 Å². The van der Waals surface area contributed by atoms with E-state index in [1.54, 1.807) is 6.07 Å². The first kappa shape index (κ1) is 24.9. The number of methoxy groups -OCH3 is 1. The molecule has 4 heterocycles. The second-order valence-corrected chi connectivity index (χ2v) is 10.6. The van der Waals surface area contributed by atoms with Crippen LogP contribution in [0.4, 0.5) is 22.9 Å². The van der Waals surface area contributed by atoms with Crippen LogP contribution in [0, 0.1) is 20.8 Å². The fourth-order valence-corrected chi connectivity index (χ4v) is 5.97. The highest BCUT2D eigenvalue weighted by molar-refractivity contribution is 6.06. The number of aromatic nitrogens is 2. The van der Waals surface area contributed by atoms with Gasteiger partial charge in [-0.25, -0.2) is 9.78 Å². The largest absolute Gasteiger partial charge is 0.465 e. The molecule has 39 heavy (non-hydrogen) atoms. The molecule has 0 unspecified atom stereocenters. The van der Waals surface area contributed by atoms with Gasteiger partial charge in [0, 0.05) is 53.0 Å². The Morgan fingerprint density at radius 2 is 1.79 bits per heavy atom. The molecule has 2 aliphatic rings. The number of benzene rings is 2. The molecule has 0 radical (unpaired) electrons. The number of hydrogen-bond donors (Lipinski definition) is 2. The summed E-state index contributed by atoms with van der Waals surface area (Å²) in [5.41, 5.74) is 8.01. The Bertz CT molecular complexity index is 1620. The normalized spacial score (nSPS) is 15.8. The lowest BCUT2D eigenvalue weighted by atomic mass is 9.74. The van der Waals surface area contributed by atoms with Crippen LogP contribution in [0.5, 0.6) is 0 Å². The molecule has 0 atom stereocenters. The van der Waals surface area contributed by atoms with Crippen molar-refractivity contribution in [3.63, 3.8) is 0 Å². The first-order chi connectivity index (χ1) is 18.8. The SMILES string of the molecule is COC(=O)c1cnc2c(c1)C1(CCN(c3ccc(Nc4cc(C)nc5c(C)cc(C)cc45)cc3)CC1)C(=O)N2. The second-order valence-electron chi connectivity index (χ2n) is 10.6. The number of nitrogens with one attached hydrogen (secondary N) is 2. The summed E-state index contributed by atoms with van der Waals surface area (Å²) in [5.74, 6) is 0.0449. The summed E-state index contributed by atoms with van der Waals surface area (Å²) in [6.07, 6.45) is 2.73. The van der Waals surface area contributed by atoms with E-state index in [4.69, 9.17) is 9.72 Å². The molecule has 1 amide bonds. The molecule has 0 bridgehead atoms. The summed E-state index contributed by atoms with van der Waals surface area (Å²) in [7, 11) is 1.34. The number of anilines is 4. The van der Waals surface area contributed by atoms with Crippen LogP contribution in [0.2, 0.25) is 0 Å². The van der Waals surface area contributed by atoms with Gasteiger partial charge in [0.2, 0.25) is 5.91 Å². The third-order valence-corrected chi connectivity index (χ3v) is 8.00. The van der Waals surface area contributed by atoms with Crippen molar-refractivity contribution in [1.82, 2.24) is 9.97 Å². The molecule has 8 nitrogen and oxygen atoms in total. The van der Waals surface area contributed by atoms with Crippen LogP contribution in [0.15, 0.2) is 54.7 Å². The molecule has 1 spiro atoms. The lowest BCUT2D eigenvalue weighted by molar-refractivity contribution is -0.121. The monoisotopic (exact) mass is 521 g/mol. The van der Waals surface area contributed by atoms with E-state index >= 15 is 0 Å². The maximum Gasteiger partial charge on any atom is 0.339 e. The highest BCUT2D eigenvalue weighted by Gasteiger charge is 2.49. The van der Waals surface area contributed by atoms with Gasteiger partial charge < -0.3 is 20.3 Å². The molecule has 6 rings (SSSR count). The molecule has 2 N–H and O–H groups in total. The lowest BCUT2D eigenvalue weighted by Gasteiger charge is -2.39. The van der Waals surface area contributed by atoms with E-state index in [-0.39, 0.29) is 5.91 Å². The first-order valence-corrected chi connectivity index (χ1v) is 13.2. The Morgan fingerprint density at radius 1 is 1.05 bits per heavy atom. The summed E-state index contributed by atoms with van der Waals surface area (Å²) in [4.78, 5) is 36.5. The van der Waals surface area contributed by atoms with Gasteiger partial charge in [-0.15, -0.1) is 0 Å². The number of aryl methyl sites for hydroxylation is 3. The number of rotatable bonds is 4. The number of pyridine rings is 2. The van der Waals surface area contributed by atoms with Gasteiger partial charge in [-0.05, 0) is 81.6 Å². The van der Waals surface area contributed by atoms with Crippen molar-refractivity contribution in [2.75, 3.05) is 35.7 Å². The Morgan fingerprint density at radius 3 is 2.51 bits per heavy atom. The third-order valence-electron chi connectivity index (χ3n) is 8.00. The molecule has 1 saturated heterocycles. The van der Waals surface area contributed by atoms with E-state index in [0.29, 0.717) is 24.2 Å². The fourth-order valence-electron chi connectivity index (χ4n) is 5.97. The summed E-state index contributed by atoms with van der Waals surface area (Å²) >= 11 is 0. The summed E-state index contributed by atoms with van der Waals surface area (Å²) in [6, 6.07) is 16.6. The summed E-state index contributed by atoms with van der Waals surface area (Å²) in [5, 5.41) is 7.62. The van der Waals surface area contributed by atoms with E-state index < -0.39 is 11.4 Å². The van der Waals surface area contributed by atoms with Crippen molar-refractivity contribution in [3.05, 3.63) is 82.7 Å². The number of ether oxygens (including phenoxy) is 1. The van der Waals surface area contributed by atoms with Gasteiger partial charge in [0.05, 0.1) is 23.6 Å². The van der Waals surface area contributed by atoms with Crippen LogP contribution >= 0.6 is 0 Å². The number of carbonyl (C=O) groups excluding carboxylic acids is 2. The molecule has 2 aliphatic heterocycles. The van der Waals surface area contributed by atoms with Crippen molar-refractivity contribution in [2.45, 2.75) is 39.0 Å². The average Bonchev–Trinajstić information content (AvgIpc) is 3.19. The smallest absolute Gasteiger partial charge is 0.339 e. The molecule has 4 aromatic rings. The Balaban J connectivity index is 1.20. The molecular formula is C31H31N5O3. The zero-order valence-corrected chi connectivity index (χ0v) is 22.6. The number of carbonyl (C=O) groups is 2. The quantitative estimate of drug-likeness (QED) is 0.339. The topological polar surface area (TPSA) is 96.4 Å². The molecule has 2 aromatic heterocycles. The van der Waals surface area contributed by atoms with Gasteiger partial charge in [0.25, 0.3) is 0 Å². The van der Waals surface area contributed by atoms with Gasteiger partial charge in [-0.2, -0.15) is 0 Å². The van der Waals surface area contributed by atoms with Crippen molar-refractivity contribution in [1.29, 1.82) is 0 Å². The number of esters is 1. The average molecular weight is 522 g/mol. The van der Waals surface area contributed by atoms with Crippen LogP contribution < -0.4 is 15.5 Å². The van der Waals surface area contributed by atoms with E-state index in [0.717, 1.165) is 52.3 Å². The van der Waals surface area contributed by atoms with Gasteiger partial charge in [0.15, 0.2) is 0 Å². The maximum absolute atomic E-state index is 13.1. The van der Waals surface area contributed by atoms with Crippen molar-refractivity contribution < 1.29 is 14.3 Å². The molecule has 2 aromatic carbocycles. The molecule has 0 saturated carbocycles. The van der Waals surface area contributed by atoms with Crippen LogP contribution in [0.1, 0.15) is 45.6 Å². The van der Waals surface area contributed by atoms with Crippen LogP contribution in [0.25, 0.3) is 10.9 Å². The third kappa shape index (κ3) is 4.26. The molecule has 198 valence electrons. The Hall–Kier alpha value is -4.46. The van der Waals surface area contributed by atoms with Crippen molar-refractivity contribution in [2.24, 2.45) is 0 Å². The Labute approximate surface area is 227 Å². The minimum Gasteiger partial charge on any atom is -0.465 e. The van der Waals surface area contributed by atoms with Gasteiger partial charge in [0.1, 0.15) is 5.82 Å². The van der Waals surface area contributed by atoms with E-state index in [1.807, 2.05) is 6.92 Å². The standard InChI is InChI=1S/C31H31N5O3/c1-18-13-19(2)27-24(14-18)26(15-20(3)33-27)34-22-5-7-23(8-6-22)36-11-9-31(10-12-36)25-16-21(29(37)39-4)17-32-28(25)35-30(31)38/h5-8,13-17H,9-12H2,1-4H3,(H,33,34)(H,32,35,38). The minimum atomic E-state index is -0.680. The lowest BCUT2D eigenvalue weighted by Crippen LogP contribution is -2.46. The van der Waals surface area contributed by atoms with Crippen LogP contribution in [-0.2, 0) is 14.9 Å². The molecular weight excluding hydrogens is 490 g/mol. The highest BCUT2D eigenvalue weighted by Crippen LogP contribution is 2.45. The molecule has 1 fully saturated rings. The van der Waals surface area contributed by atoms with Crippen LogP contribution in [-0.4, -0.2) is 42.0 Å².